The van der Waals surface area contributed by atoms with Gasteiger partial charge < -0.3 is 19.7 Å². The Kier molecular flexibility index (Phi) is 5.59. The van der Waals surface area contributed by atoms with Crippen molar-refractivity contribution in [3.8, 4) is 11.5 Å². The molecule has 0 radical (unpaired) electrons. The lowest BCUT2D eigenvalue weighted by atomic mass is 10.1. The van der Waals surface area contributed by atoms with Crippen LogP contribution in [0.2, 0.25) is 0 Å². The average molecular weight is 372 g/mol. The maximum atomic E-state index is 13.0. The summed E-state index contributed by atoms with van der Waals surface area (Å²) >= 11 is 0. The summed E-state index contributed by atoms with van der Waals surface area (Å²) in [4.78, 5) is 26.5. The number of carbonyl (C=O) groups is 2. The second kappa shape index (κ2) is 8.07. The third-order valence-corrected chi connectivity index (χ3v) is 4.54. The zero-order valence-corrected chi connectivity index (χ0v) is 15.2. The number of ether oxygens (including phenoxy) is 2. The van der Waals surface area contributed by atoms with Gasteiger partial charge in [-0.15, -0.1) is 0 Å². The smallest absolute Gasteiger partial charge is 0.229 e. The van der Waals surface area contributed by atoms with Gasteiger partial charge in [0.2, 0.25) is 11.8 Å². The molecule has 1 saturated heterocycles. The van der Waals surface area contributed by atoms with E-state index in [9.17, 15) is 14.0 Å². The molecule has 0 aromatic heterocycles. The van der Waals surface area contributed by atoms with Gasteiger partial charge in [-0.05, 0) is 29.8 Å². The molecule has 1 aliphatic heterocycles. The zero-order chi connectivity index (χ0) is 19.4. The fraction of sp³-hybridized carbons (Fsp3) is 0.300. The van der Waals surface area contributed by atoms with E-state index in [0.29, 0.717) is 30.3 Å². The largest absolute Gasteiger partial charge is 0.497 e. The molecule has 0 saturated carbocycles. The number of nitrogens with one attached hydrogen (secondary N) is 1. The summed E-state index contributed by atoms with van der Waals surface area (Å²) in [6.07, 6.45) is 0.144. The van der Waals surface area contributed by atoms with Crippen molar-refractivity contribution in [3.05, 3.63) is 53.8 Å². The Morgan fingerprint density at radius 1 is 1.19 bits per heavy atom. The molecule has 0 aliphatic carbocycles. The topological polar surface area (TPSA) is 67.9 Å². The highest BCUT2D eigenvalue weighted by Gasteiger charge is 2.34. The molecule has 1 unspecified atom stereocenters. The number of rotatable bonds is 6. The lowest BCUT2D eigenvalue weighted by Crippen LogP contribution is -2.28. The van der Waals surface area contributed by atoms with Crippen LogP contribution in [0.25, 0.3) is 0 Å². The van der Waals surface area contributed by atoms with Gasteiger partial charge in [0.05, 0.1) is 25.8 Å². The van der Waals surface area contributed by atoms with Crippen molar-refractivity contribution < 1.29 is 23.5 Å². The Bertz CT molecular complexity index is 838. The van der Waals surface area contributed by atoms with Crippen LogP contribution in [0.5, 0.6) is 11.5 Å². The van der Waals surface area contributed by atoms with Crippen LogP contribution >= 0.6 is 0 Å². The molecule has 1 atom stereocenters. The maximum absolute atomic E-state index is 13.0. The lowest BCUT2D eigenvalue weighted by molar-refractivity contribution is -0.128. The first kappa shape index (κ1) is 18.7. The summed E-state index contributed by atoms with van der Waals surface area (Å²) in [7, 11) is 3.06. The van der Waals surface area contributed by atoms with Gasteiger partial charge in [-0.25, -0.2) is 4.39 Å². The van der Waals surface area contributed by atoms with Crippen LogP contribution in [0.4, 0.5) is 10.1 Å². The van der Waals surface area contributed by atoms with E-state index in [-0.39, 0.29) is 24.1 Å². The van der Waals surface area contributed by atoms with Crippen LogP contribution in [-0.2, 0) is 16.1 Å². The molecule has 7 heteroatoms. The van der Waals surface area contributed by atoms with Crippen molar-refractivity contribution in [2.45, 2.75) is 13.0 Å². The third kappa shape index (κ3) is 4.36. The fourth-order valence-corrected chi connectivity index (χ4v) is 3.05. The Balaban J connectivity index is 1.64. The van der Waals surface area contributed by atoms with E-state index in [0.717, 1.165) is 5.56 Å². The molecule has 27 heavy (non-hydrogen) atoms. The van der Waals surface area contributed by atoms with Crippen LogP contribution in [0.15, 0.2) is 42.5 Å². The van der Waals surface area contributed by atoms with Crippen molar-refractivity contribution in [2.24, 2.45) is 5.92 Å². The molecule has 0 spiro atoms. The quantitative estimate of drug-likeness (QED) is 0.847. The number of halogens is 1. The van der Waals surface area contributed by atoms with E-state index in [1.54, 1.807) is 42.3 Å². The normalized spacial score (nSPS) is 16.3. The molecule has 1 N–H and O–H groups in total. The van der Waals surface area contributed by atoms with Gasteiger partial charge in [-0.2, -0.15) is 0 Å². The van der Waals surface area contributed by atoms with Gasteiger partial charge in [-0.1, -0.05) is 12.1 Å². The number of hydrogen-bond donors (Lipinski definition) is 1. The summed E-state index contributed by atoms with van der Waals surface area (Å²) in [5.74, 6) is -0.0156. The molecule has 2 aromatic carbocycles. The van der Waals surface area contributed by atoms with E-state index in [2.05, 4.69) is 5.32 Å². The number of carbonyl (C=O) groups excluding carboxylic acids is 2. The van der Waals surface area contributed by atoms with Crippen LogP contribution in [0, 0.1) is 11.7 Å². The van der Waals surface area contributed by atoms with Gasteiger partial charge in [0.1, 0.15) is 17.3 Å². The number of likely N-dealkylation sites (tertiary alicyclic amines) is 1. The van der Waals surface area contributed by atoms with Crippen molar-refractivity contribution >= 4 is 17.5 Å². The first-order valence-electron chi connectivity index (χ1n) is 8.55. The first-order chi connectivity index (χ1) is 13.0. The minimum absolute atomic E-state index is 0.0961. The first-order valence-corrected chi connectivity index (χ1v) is 8.55. The maximum Gasteiger partial charge on any atom is 0.229 e. The van der Waals surface area contributed by atoms with Gasteiger partial charge in [0.25, 0.3) is 0 Å². The summed E-state index contributed by atoms with van der Waals surface area (Å²) < 4.78 is 23.4. The highest BCUT2D eigenvalue weighted by molar-refractivity contribution is 5.98. The monoisotopic (exact) mass is 372 g/mol. The molecule has 2 aromatic rings. The molecule has 142 valence electrons. The lowest BCUT2D eigenvalue weighted by Gasteiger charge is -2.17. The second-order valence-corrected chi connectivity index (χ2v) is 6.36. The molecule has 1 fully saturated rings. The van der Waals surface area contributed by atoms with Crippen molar-refractivity contribution in [1.29, 1.82) is 0 Å². The SMILES string of the molecule is COc1ccc(NC(=O)C2CC(=O)N(Cc3ccc(F)cc3)C2)c(OC)c1. The molecule has 0 bridgehead atoms. The van der Waals surface area contributed by atoms with Gasteiger partial charge >= 0.3 is 0 Å². The van der Waals surface area contributed by atoms with Crippen LogP contribution in [0.3, 0.4) is 0 Å². The standard InChI is InChI=1S/C20H21FN2O4/c1-26-16-7-8-17(18(10-16)27-2)22-20(25)14-9-19(24)23(12-14)11-13-3-5-15(21)6-4-13/h3-8,10,14H,9,11-12H2,1-2H3,(H,22,25). The summed E-state index contributed by atoms with van der Waals surface area (Å²) in [5, 5.41) is 2.82. The molecule has 6 nitrogen and oxygen atoms in total. The number of amides is 2. The van der Waals surface area contributed by atoms with Gasteiger partial charge in [0.15, 0.2) is 0 Å². The van der Waals surface area contributed by atoms with Gasteiger partial charge in [-0.3, -0.25) is 9.59 Å². The number of benzene rings is 2. The average Bonchev–Trinajstić information content (AvgIpc) is 3.04. The Hall–Kier alpha value is -3.09. The zero-order valence-electron chi connectivity index (χ0n) is 15.2. The van der Waals surface area contributed by atoms with Gasteiger partial charge in [0, 0.05) is 25.6 Å². The van der Waals surface area contributed by atoms with Crippen LogP contribution in [0.1, 0.15) is 12.0 Å². The highest BCUT2D eigenvalue weighted by atomic mass is 19.1. The van der Waals surface area contributed by atoms with E-state index in [1.165, 1.54) is 19.2 Å². The van der Waals surface area contributed by atoms with E-state index >= 15 is 0 Å². The number of anilines is 1. The Morgan fingerprint density at radius 3 is 2.59 bits per heavy atom. The predicted molar refractivity (Wildman–Crippen MR) is 98.1 cm³/mol. The number of methoxy groups -OCH3 is 2. The molecular weight excluding hydrogens is 351 g/mol. The minimum atomic E-state index is -0.454. The summed E-state index contributed by atoms with van der Waals surface area (Å²) in [5.41, 5.74) is 1.34. The molecular formula is C20H21FN2O4. The Morgan fingerprint density at radius 2 is 1.93 bits per heavy atom. The summed E-state index contributed by atoms with van der Waals surface area (Å²) in [6, 6.07) is 11.1. The van der Waals surface area contributed by atoms with Crippen LogP contribution < -0.4 is 14.8 Å². The van der Waals surface area contributed by atoms with Crippen molar-refractivity contribution in [2.75, 3.05) is 26.1 Å². The summed E-state index contributed by atoms with van der Waals surface area (Å²) in [6.45, 7) is 0.676. The third-order valence-electron chi connectivity index (χ3n) is 4.54. The van der Waals surface area contributed by atoms with Crippen molar-refractivity contribution in [1.82, 2.24) is 4.90 Å². The molecule has 3 rings (SSSR count). The fourth-order valence-electron chi connectivity index (χ4n) is 3.05. The highest BCUT2D eigenvalue weighted by Crippen LogP contribution is 2.30. The van der Waals surface area contributed by atoms with E-state index < -0.39 is 5.92 Å². The predicted octanol–water partition coefficient (Wildman–Crippen LogP) is 2.83. The second-order valence-electron chi connectivity index (χ2n) is 6.36. The molecule has 1 aliphatic rings. The minimum Gasteiger partial charge on any atom is -0.497 e. The number of hydrogen-bond acceptors (Lipinski definition) is 4. The van der Waals surface area contributed by atoms with Crippen LogP contribution in [-0.4, -0.2) is 37.5 Å². The number of nitrogens with zero attached hydrogens (tertiary/aromatic N) is 1. The molecule has 1 heterocycles. The molecule has 2 amide bonds. The van der Waals surface area contributed by atoms with E-state index in [4.69, 9.17) is 9.47 Å². The van der Waals surface area contributed by atoms with E-state index in [1.807, 2.05) is 0 Å². The Labute approximate surface area is 156 Å². The van der Waals surface area contributed by atoms with Crippen molar-refractivity contribution in [3.63, 3.8) is 0 Å².